The van der Waals surface area contributed by atoms with Crippen LogP contribution in [0.3, 0.4) is 0 Å². The van der Waals surface area contributed by atoms with Gasteiger partial charge in [0.15, 0.2) is 5.96 Å². The Balaban J connectivity index is 3.55. The molecule has 6 nitrogen and oxygen atoms in total. The van der Waals surface area contributed by atoms with Gasteiger partial charge in [-0.05, 0) is 19.3 Å². The largest absolute Gasteiger partial charge is 0.389 e. The summed E-state index contributed by atoms with van der Waals surface area (Å²) in [6, 6.07) is 0. The third kappa shape index (κ3) is 13.4. The van der Waals surface area contributed by atoms with Gasteiger partial charge in [-0.15, -0.1) is 0 Å². The van der Waals surface area contributed by atoms with E-state index in [9.17, 15) is 5.11 Å². The van der Waals surface area contributed by atoms with Crippen LogP contribution in [-0.4, -0.2) is 56.7 Å². The Morgan fingerprint density at radius 3 is 2.68 bits per heavy atom. The second-order valence-corrected chi connectivity index (χ2v) is 4.79. The van der Waals surface area contributed by atoms with Gasteiger partial charge in [0.2, 0.25) is 0 Å². The summed E-state index contributed by atoms with van der Waals surface area (Å²) in [5, 5.41) is 12.6. The molecule has 0 aliphatic heterocycles. The van der Waals surface area contributed by atoms with E-state index >= 15 is 0 Å². The first-order valence-corrected chi connectivity index (χ1v) is 6.93. The fourth-order valence-electron chi connectivity index (χ4n) is 1.29. The maximum Gasteiger partial charge on any atom is 0.188 e. The van der Waals surface area contributed by atoms with E-state index in [0.717, 1.165) is 19.6 Å². The number of guanidine groups is 1. The van der Waals surface area contributed by atoms with Crippen LogP contribution in [0, 0.1) is 5.92 Å². The van der Waals surface area contributed by atoms with Crippen LogP contribution in [0.5, 0.6) is 0 Å². The Hall–Kier alpha value is -0.850. The maximum atomic E-state index is 9.62. The fraction of sp³-hybridized carbons (Fsp3) is 0.923. The molecule has 114 valence electrons. The summed E-state index contributed by atoms with van der Waals surface area (Å²) in [5.41, 5.74) is 5.66. The van der Waals surface area contributed by atoms with Gasteiger partial charge >= 0.3 is 0 Å². The van der Waals surface area contributed by atoms with Gasteiger partial charge in [-0.2, -0.15) is 0 Å². The van der Waals surface area contributed by atoms with E-state index in [1.165, 1.54) is 0 Å². The second-order valence-electron chi connectivity index (χ2n) is 4.79. The van der Waals surface area contributed by atoms with Crippen molar-refractivity contribution in [2.45, 2.75) is 33.3 Å². The highest BCUT2D eigenvalue weighted by Crippen LogP contribution is 1.94. The van der Waals surface area contributed by atoms with Crippen molar-refractivity contribution in [3.63, 3.8) is 0 Å². The van der Waals surface area contributed by atoms with Crippen LogP contribution in [0.2, 0.25) is 0 Å². The zero-order chi connectivity index (χ0) is 14.5. The Morgan fingerprint density at radius 1 is 1.32 bits per heavy atom. The van der Waals surface area contributed by atoms with Crippen molar-refractivity contribution in [1.29, 1.82) is 0 Å². The number of ether oxygens (including phenoxy) is 2. The van der Waals surface area contributed by atoms with E-state index < -0.39 is 6.10 Å². The van der Waals surface area contributed by atoms with Crippen molar-refractivity contribution < 1.29 is 14.6 Å². The Kier molecular flexibility index (Phi) is 11.7. The van der Waals surface area contributed by atoms with E-state index in [1.807, 2.05) is 6.92 Å². The second kappa shape index (κ2) is 12.2. The molecular formula is C13H29N3O3. The molecule has 0 heterocycles. The lowest BCUT2D eigenvalue weighted by Gasteiger charge is -2.11. The van der Waals surface area contributed by atoms with Crippen LogP contribution < -0.4 is 11.1 Å². The Bertz CT molecular complexity index is 235. The van der Waals surface area contributed by atoms with Gasteiger partial charge < -0.3 is 25.6 Å². The summed E-state index contributed by atoms with van der Waals surface area (Å²) in [7, 11) is 0. The molecule has 1 unspecified atom stereocenters. The number of aliphatic hydroxyl groups excluding tert-OH is 1. The van der Waals surface area contributed by atoms with E-state index in [1.54, 1.807) is 0 Å². The van der Waals surface area contributed by atoms with Crippen molar-refractivity contribution >= 4 is 5.96 Å². The van der Waals surface area contributed by atoms with E-state index in [2.05, 4.69) is 24.2 Å². The third-order valence-corrected chi connectivity index (χ3v) is 2.21. The monoisotopic (exact) mass is 275 g/mol. The van der Waals surface area contributed by atoms with Gasteiger partial charge in [-0.1, -0.05) is 13.8 Å². The molecule has 0 bridgehead atoms. The molecule has 0 saturated heterocycles. The SMILES string of the molecule is CCOCCCNC(N)=NCC(O)COCC(C)C. The number of nitrogens with two attached hydrogens (primary N) is 1. The molecule has 0 aliphatic rings. The molecule has 0 fully saturated rings. The van der Waals surface area contributed by atoms with Gasteiger partial charge in [-0.25, -0.2) is 0 Å². The normalized spacial score (nSPS) is 13.8. The van der Waals surface area contributed by atoms with Crippen molar-refractivity contribution in [2.24, 2.45) is 16.6 Å². The molecule has 0 rings (SSSR count). The van der Waals surface area contributed by atoms with Crippen LogP contribution in [-0.2, 0) is 9.47 Å². The van der Waals surface area contributed by atoms with Crippen molar-refractivity contribution in [2.75, 3.05) is 39.5 Å². The van der Waals surface area contributed by atoms with Gasteiger partial charge in [0.25, 0.3) is 0 Å². The predicted octanol–water partition coefficient (Wildman–Crippen LogP) is 0.351. The first kappa shape index (κ1) is 18.1. The summed E-state index contributed by atoms with van der Waals surface area (Å²) in [6.45, 7) is 9.44. The molecule has 19 heavy (non-hydrogen) atoms. The smallest absolute Gasteiger partial charge is 0.188 e. The van der Waals surface area contributed by atoms with Gasteiger partial charge in [0, 0.05) is 26.4 Å². The van der Waals surface area contributed by atoms with Gasteiger partial charge in [-0.3, -0.25) is 4.99 Å². The Labute approximate surface area is 116 Å². The molecular weight excluding hydrogens is 246 g/mol. The van der Waals surface area contributed by atoms with Crippen molar-refractivity contribution in [1.82, 2.24) is 5.32 Å². The molecule has 1 atom stereocenters. The summed E-state index contributed by atoms with van der Waals surface area (Å²) < 4.78 is 10.5. The molecule has 0 aromatic rings. The zero-order valence-electron chi connectivity index (χ0n) is 12.4. The van der Waals surface area contributed by atoms with Gasteiger partial charge in [0.05, 0.1) is 19.3 Å². The average molecular weight is 275 g/mol. The molecule has 0 radical (unpaired) electrons. The number of aliphatic hydroxyl groups is 1. The van der Waals surface area contributed by atoms with Crippen LogP contribution in [0.25, 0.3) is 0 Å². The van der Waals surface area contributed by atoms with Gasteiger partial charge in [0.1, 0.15) is 0 Å². The summed E-state index contributed by atoms with van der Waals surface area (Å²) in [6.07, 6.45) is 0.270. The number of nitrogens with zero attached hydrogens (tertiary/aromatic N) is 1. The molecule has 0 amide bonds. The Morgan fingerprint density at radius 2 is 2.05 bits per heavy atom. The zero-order valence-corrected chi connectivity index (χ0v) is 12.4. The molecule has 0 saturated carbocycles. The topological polar surface area (TPSA) is 89.1 Å². The molecule has 4 N–H and O–H groups in total. The number of nitrogens with one attached hydrogen (secondary N) is 1. The first-order valence-electron chi connectivity index (χ1n) is 6.93. The maximum absolute atomic E-state index is 9.62. The summed E-state index contributed by atoms with van der Waals surface area (Å²) >= 11 is 0. The quantitative estimate of drug-likeness (QED) is 0.288. The first-order chi connectivity index (χ1) is 9.06. The predicted molar refractivity (Wildman–Crippen MR) is 77.3 cm³/mol. The van der Waals surface area contributed by atoms with Crippen LogP contribution in [0.4, 0.5) is 0 Å². The number of aliphatic imine (C=N–C) groups is 1. The minimum atomic E-state index is -0.609. The van der Waals surface area contributed by atoms with Crippen LogP contribution >= 0.6 is 0 Å². The van der Waals surface area contributed by atoms with E-state index in [0.29, 0.717) is 31.7 Å². The summed E-state index contributed by atoms with van der Waals surface area (Å²) in [5.74, 6) is 0.812. The lowest BCUT2D eigenvalue weighted by Crippen LogP contribution is -2.34. The highest BCUT2D eigenvalue weighted by molar-refractivity contribution is 5.77. The number of rotatable bonds is 11. The minimum absolute atomic E-state index is 0.252. The lowest BCUT2D eigenvalue weighted by atomic mass is 10.2. The average Bonchev–Trinajstić information content (AvgIpc) is 2.35. The molecule has 6 heteroatoms. The van der Waals surface area contributed by atoms with Crippen LogP contribution in [0.15, 0.2) is 4.99 Å². The van der Waals surface area contributed by atoms with E-state index in [4.69, 9.17) is 15.2 Å². The lowest BCUT2D eigenvalue weighted by molar-refractivity contribution is 0.0301. The molecule has 0 aromatic heterocycles. The third-order valence-electron chi connectivity index (χ3n) is 2.21. The molecule has 0 aliphatic carbocycles. The standard InChI is InChI=1S/C13H29N3O3/c1-4-18-7-5-6-15-13(14)16-8-12(17)10-19-9-11(2)3/h11-12,17H,4-10H2,1-3H3,(H3,14,15,16). The molecule has 0 aromatic carbocycles. The van der Waals surface area contributed by atoms with Crippen LogP contribution in [0.1, 0.15) is 27.2 Å². The number of hydrogen-bond donors (Lipinski definition) is 3. The van der Waals surface area contributed by atoms with Crippen molar-refractivity contribution in [3.05, 3.63) is 0 Å². The highest BCUT2D eigenvalue weighted by Gasteiger charge is 2.04. The van der Waals surface area contributed by atoms with Crippen molar-refractivity contribution in [3.8, 4) is 0 Å². The highest BCUT2D eigenvalue weighted by atomic mass is 16.5. The number of hydrogen-bond acceptors (Lipinski definition) is 4. The van der Waals surface area contributed by atoms with E-state index in [-0.39, 0.29) is 6.54 Å². The minimum Gasteiger partial charge on any atom is -0.389 e. The fourth-order valence-corrected chi connectivity index (χ4v) is 1.29. The summed E-state index contributed by atoms with van der Waals surface area (Å²) in [4.78, 5) is 4.05. The molecule has 0 spiro atoms.